The van der Waals surface area contributed by atoms with Crippen molar-refractivity contribution in [1.82, 2.24) is 4.98 Å². The first-order valence-corrected chi connectivity index (χ1v) is 5.76. The van der Waals surface area contributed by atoms with Crippen molar-refractivity contribution in [3.8, 4) is 0 Å². The van der Waals surface area contributed by atoms with Crippen molar-refractivity contribution in [2.24, 2.45) is 5.73 Å². The van der Waals surface area contributed by atoms with Gasteiger partial charge in [0.05, 0.1) is 0 Å². The fourth-order valence-electron chi connectivity index (χ4n) is 1.84. The van der Waals surface area contributed by atoms with E-state index in [-0.39, 0.29) is 11.5 Å². The minimum Gasteiger partial charge on any atom is -0.358 e. The van der Waals surface area contributed by atoms with Gasteiger partial charge < -0.3 is 10.7 Å². The van der Waals surface area contributed by atoms with Gasteiger partial charge in [0.25, 0.3) is 0 Å². The summed E-state index contributed by atoms with van der Waals surface area (Å²) in [6.07, 6.45) is 0. The second-order valence-corrected chi connectivity index (χ2v) is 5.57. The molecule has 86 valence electrons. The van der Waals surface area contributed by atoms with E-state index in [0.717, 1.165) is 0 Å². The molecule has 0 aliphatic carbocycles. The zero-order valence-electron chi connectivity index (χ0n) is 10.5. The van der Waals surface area contributed by atoms with Crippen molar-refractivity contribution in [2.75, 3.05) is 0 Å². The number of hydrogen-bond donors (Lipinski definition) is 2. The van der Waals surface area contributed by atoms with Crippen LogP contribution in [0.4, 0.5) is 0 Å². The van der Waals surface area contributed by atoms with Crippen LogP contribution >= 0.6 is 0 Å². The number of hydrogen-bond acceptors (Lipinski definition) is 1. The topological polar surface area (TPSA) is 41.8 Å². The van der Waals surface area contributed by atoms with E-state index in [4.69, 9.17) is 5.73 Å². The maximum absolute atomic E-state index is 5.89. The number of aromatic amines is 1. The third kappa shape index (κ3) is 1.98. The molecule has 0 saturated heterocycles. The van der Waals surface area contributed by atoms with Crippen LogP contribution in [0.5, 0.6) is 0 Å². The minimum absolute atomic E-state index is 0.0948. The zero-order valence-corrected chi connectivity index (χ0v) is 10.5. The normalized spacial score (nSPS) is 14.3. The second kappa shape index (κ2) is 3.63. The number of rotatable bonds is 1. The Labute approximate surface area is 96.9 Å². The lowest BCUT2D eigenvalue weighted by atomic mass is 9.92. The molecule has 2 nitrogen and oxygen atoms in total. The van der Waals surface area contributed by atoms with Gasteiger partial charge in [0.15, 0.2) is 0 Å². The average molecular weight is 216 g/mol. The quantitative estimate of drug-likeness (QED) is 0.753. The van der Waals surface area contributed by atoms with E-state index in [1.54, 1.807) is 0 Å². The molecule has 16 heavy (non-hydrogen) atoms. The number of fused-ring (bicyclic) bond motifs is 1. The molecule has 0 aliphatic rings. The summed E-state index contributed by atoms with van der Waals surface area (Å²) in [4.78, 5) is 3.46. The summed E-state index contributed by atoms with van der Waals surface area (Å²) in [5.74, 6) is 0. The van der Waals surface area contributed by atoms with Crippen LogP contribution in [0.15, 0.2) is 24.3 Å². The van der Waals surface area contributed by atoms with Gasteiger partial charge in [0.1, 0.15) is 0 Å². The number of aromatic nitrogens is 1. The molecule has 0 saturated carbocycles. The molecule has 0 aliphatic heterocycles. The predicted molar refractivity (Wildman–Crippen MR) is 69.6 cm³/mol. The summed E-state index contributed by atoms with van der Waals surface area (Å²) < 4.78 is 0. The van der Waals surface area contributed by atoms with Crippen LogP contribution < -0.4 is 5.73 Å². The second-order valence-electron chi connectivity index (χ2n) is 5.57. The highest BCUT2D eigenvalue weighted by Crippen LogP contribution is 2.27. The van der Waals surface area contributed by atoms with Gasteiger partial charge >= 0.3 is 0 Å². The van der Waals surface area contributed by atoms with E-state index in [1.165, 1.54) is 22.2 Å². The summed E-state index contributed by atoms with van der Waals surface area (Å²) in [5.41, 5.74) is 9.69. The SMILES string of the molecule is CC(N)c1ccc2[nH]c(C(C)(C)C)cc2c1. The van der Waals surface area contributed by atoms with Crippen LogP contribution in [-0.2, 0) is 5.41 Å². The van der Waals surface area contributed by atoms with Gasteiger partial charge in [0.2, 0.25) is 0 Å². The fourth-order valence-corrected chi connectivity index (χ4v) is 1.84. The van der Waals surface area contributed by atoms with Crippen LogP contribution in [0.3, 0.4) is 0 Å². The molecule has 1 heterocycles. The first-order valence-electron chi connectivity index (χ1n) is 5.76. The lowest BCUT2D eigenvalue weighted by Crippen LogP contribution is -2.10. The van der Waals surface area contributed by atoms with E-state index < -0.39 is 0 Å². The molecule has 0 spiro atoms. The van der Waals surface area contributed by atoms with Crippen molar-refractivity contribution < 1.29 is 0 Å². The predicted octanol–water partition coefficient (Wildman–Crippen LogP) is 3.49. The highest BCUT2D eigenvalue weighted by molar-refractivity contribution is 5.81. The molecule has 1 atom stereocenters. The first-order chi connectivity index (χ1) is 7.38. The van der Waals surface area contributed by atoms with Crippen LogP contribution in [0.25, 0.3) is 10.9 Å². The summed E-state index contributed by atoms with van der Waals surface area (Å²) in [7, 11) is 0. The Morgan fingerprint density at radius 2 is 1.88 bits per heavy atom. The maximum atomic E-state index is 5.89. The molecule has 2 rings (SSSR count). The van der Waals surface area contributed by atoms with Gasteiger partial charge in [0, 0.05) is 22.7 Å². The largest absolute Gasteiger partial charge is 0.358 e. The Morgan fingerprint density at radius 1 is 1.19 bits per heavy atom. The van der Waals surface area contributed by atoms with Gasteiger partial charge in [-0.1, -0.05) is 26.8 Å². The monoisotopic (exact) mass is 216 g/mol. The Balaban J connectivity index is 2.54. The third-order valence-electron chi connectivity index (χ3n) is 2.98. The first kappa shape index (κ1) is 11.2. The van der Waals surface area contributed by atoms with Crippen LogP contribution in [0.1, 0.15) is 45.0 Å². The van der Waals surface area contributed by atoms with Crippen molar-refractivity contribution >= 4 is 10.9 Å². The Kier molecular flexibility index (Phi) is 2.55. The van der Waals surface area contributed by atoms with Crippen LogP contribution in [-0.4, -0.2) is 4.98 Å². The van der Waals surface area contributed by atoms with Crippen LogP contribution in [0.2, 0.25) is 0 Å². The maximum Gasteiger partial charge on any atom is 0.0456 e. The van der Waals surface area contributed by atoms with Gasteiger partial charge in [-0.3, -0.25) is 0 Å². The number of nitrogens with two attached hydrogens (primary N) is 1. The molecule has 0 bridgehead atoms. The van der Waals surface area contributed by atoms with Crippen molar-refractivity contribution in [3.63, 3.8) is 0 Å². The Hall–Kier alpha value is -1.28. The Morgan fingerprint density at radius 3 is 2.44 bits per heavy atom. The van der Waals surface area contributed by atoms with Gasteiger partial charge in [-0.15, -0.1) is 0 Å². The number of benzene rings is 1. The highest BCUT2D eigenvalue weighted by atomic mass is 14.7. The third-order valence-corrected chi connectivity index (χ3v) is 2.98. The lowest BCUT2D eigenvalue weighted by molar-refractivity contribution is 0.574. The fraction of sp³-hybridized carbons (Fsp3) is 0.429. The molecule has 1 aromatic carbocycles. The summed E-state index contributed by atoms with van der Waals surface area (Å²) in [6, 6.07) is 8.70. The molecule has 0 radical (unpaired) electrons. The number of H-pyrrole nitrogens is 1. The molecule has 3 N–H and O–H groups in total. The van der Waals surface area contributed by atoms with E-state index >= 15 is 0 Å². The van der Waals surface area contributed by atoms with Gasteiger partial charge in [-0.2, -0.15) is 0 Å². The zero-order chi connectivity index (χ0) is 11.9. The lowest BCUT2D eigenvalue weighted by Gasteiger charge is -2.15. The van der Waals surface area contributed by atoms with Crippen molar-refractivity contribution in [2.45, 2.75) is 39.2 Å². The molecule has 1 aromatic heterocycles. The van der Waals surface area contributed by atoms with E-state index in [2.05, 4.69) is 50.0 Å². The van der Waals surface area contributed by atoms with E-state index in [0.29, 0.717) is 0 Å². The standard InChI is InChI=1S/C14H20N2/c1-9(15)10-5-6-12-11(7-10)8-13(16-12)14(2,3)4/h5-9,16H,15H2,1-4H3. The molecular formula is C14H20N2. The molecular weight excluding hydrogens is 196 g/mol. The van der Waals surface area contributed by atoms with Crippen molar-refractivity contribution in [1.29, 1.82) is 0 Å². The van der Waals surface area contributed by atoms with Crippen LogP contribution in [0, 0.1) is 0 Å². The van der Waals surface area contributed by atoms with E-state index in [1.807, 2.05) is 6.92 Å². The van der Waals surface area contributed by atoms with Gasteiger partial charge in [-0.25, -0.2) is 0 Å². The minimum atomic E-state index is 0.0948. The molecule has 2 aromatic rings. The molecule has 0 amide bonds. The van der Waals surface area contributed by atoms with Crippen molar-refractivity contribution in [3.05, 3.63) is 35.5 Å². The summed E-state index contributed by atoms with van der Waals surface area (Å²) in [6.45, 7) is 8.65. The highest BCUT2D eigenvalue weighted by Gasteiger charge is 2.16. The smallest absolute Gasteiger partial charge is 0.0456 e. The number of nitrogens with one attached hydrogen (secondary N) is 1. The van der Waals surface area contributed by atoms with E-state index in [9.17, 15) is 0 Å². The summed E-state index contributed by atoms with van der Waals surface area (Å²) >= 11 is 0. The summed E-state index contributed by atoms with van der Waals surface area (Å²) in [5, 5.41) is 1.25. The molecule has 2 heteroatoms. The van der Waals surface area contributed by atoms with Gasteiger partial charge in [-0.05, 0) is 36.1 Å². The average Bonchev–Trinajstić information content (AvgIpc) is 2.58. The molecule has 1 unspecified atom stereocenters. The Bertz CT molecular complexity index is 501. The molecule has 0 fully saturated rings.